The normalized spacial score (nSPS) is 10.9. The maximum absolute atomic E-state index is 12.3. The van der Waals surface area contributed by atoms with Crippen LogP contribution in [-0.4, -0.2) is 17.6 Å². The number of carbonyl (C=O) groups excluding carboxylic acids is 1. The molecule has 0 aliphatic heterocycles. The van der Waals surface area contributed by atoms with Gasteiger partial charge in [0.05, 0.1) is 12.8 Å². The number of benzene rings is 2. The summed E-state index contributed by atoms with van der Waals surface area (Å²) < 4.78 is 10.8. The molecule has 124 valence electrons. The second kappa shape index (κ2) is 6.28. The lowest BCUT2D eigenvalue weighted by molar-refractivity contribution is 0.0494. The molecule has 2 heterocycles. The molecule has 0 saturated carbocycles. The lowest BCUT2D eigenvalue weighted by Crippen LogP contribution is -2.06. The van der Waals surface area contributed by atoms with Crippen molar-refractivity contribution in [3.8, 4) is 0 Å². The predicted octanol–water partition coefficient (Wildman–Crippen LogP) is 4.90. The molecular formula is C20H16N2O3. The van der Waals surface area contributed by atoms with Crippen LogP contribution < -0.4 is 5.32 Å². The van der Waals surface area contributed by atoms with Gasteiger partial charge in [0.1, 0.15) is 5.69 Å². The number of carbonyl (C=O) groups is 1. The Kier molecular flexibility index (Phi) is 3.82. The van der Waals surface area contributed by atoms with Gasteiger partial charge in [0.25, 0.3) is 0 Å². The number of pyridine rings is 1. The van der Waals surface area contributed by atoms with Crippen molar-refractivity contribution in [2.45, 2.75) is 6.92 Å². The number of ether oxygens (including phenoxy) is 1. The first kappa shape index (κ1) is 15.2. The molecule has 2 aromatic heterocycles. The maximum Gasteiger partial charge on any atom is 0.376 e. The summed E-state index contributed by atoms with van der Waals surface area (Å²) in [5.41, 5.74) is 1.99. The molecule has 0 bridgehead atoms. The van der Waals surface area contributed by atoms with Gasteiger partial charge in [0, 0.05) is 17.3 Å². The van der Waals surface area contributed by atoms with Crippen molar-refractivity contribution in [3.63, 3.8) is 0 Å². The highest BCUT2D eigenvalue weighted by molar-refractivity contribution is 6.05. The number of nitrogens with one attached hydrogen (secondary N) is 1. The van der Waals surface area contributed by atoms with Crippen LogP contribution in [0.15, 0.2) is 65.3 Å². The Hall–Kier alpha value is -3.34. The second-order valence-corrected chi connectivity index (χ2v) is 5.59. The molecule has 25 heavy (non-hydrogen) atoms. The van der Waals surface area contributed by atoms with Crippen molar-refractivity contribution >= 4 is 39.1 Å². The van der Waals surface area contributed by atoms with Gasteiger partial charge in [-0.15, -0.1) is 0 Å². The van der Waals surface area contributed by atoms with Gasteiger partial charge >= 0.3 is 5.97 Å². The SMILES string of the molecule is CCOC(=O)c1oc2cnccc2c1Nc1ccc2ccccc2c1. The van der Waals surface area contributed by atoms with Gasteiger partial charge in [0.2, 0.25) is 5.76 Å². The molecule has 2 aromatic carbocycles. The summed E-state index contributed by atoms with van der Waals surface area (Å²) in [6.45, 7) is 2.04. The summed E-state index contributed by atoms with van der Waals surface area (Å²) in [4.78, 5) is 16.3. The predicted molar refractivity (Wildman–Crippen MR) is 97.2 cm³/mol. The van der Waals surface area contributed by atoms with Crippen LogP contribution in [0, 0.1) is 0 Å². The van der Waals surface area contributed by atoms with Crippen LogP contribution in [0.2, 0.25) is 0 Å². The highest BCUT2D eigenvalue weighted by Crippen LogP contribution is 2.34. The van der Waals surface area contributed by atoms with E-state index in [2.05, 4.69) is 16.4 Å². The number of furan rings is 1. The molecule has 0 saturated heterocycles. The molecule has 0 radical (unpaired) electrons. The molecule has 0 unspecified atom stereocenters. The number of anilines is 2. The number of hydrogen-bond acceptors (Lipinski definition) is 5. The van der Waals surface area contributed by atoms with Gasteiger partial charge < -0.3 is 14.5 Å². The molecule has 5 nitrogen and oxygen atoms in total. The van der Waals surface area contributed by atoms with Crippen molar-refractivity contribution in [2.24, 2.45) is 0 Å². The molecule has 0 spiro atoms. The third-order valence-corrected chi connectivity index (χ3v) is 3.97. The van der Waals surface area contributed by atoms with Gasteiger partial charge in [0.15, 0.2) is 5.58 Å². The largest absolute Gasteiger partial charge is 0.460 e. The van der Waals surface area contributed by atoms with Crippen LogP contribution in [0.5, 0.6) is 0 Å². The van der Waals surface area contributed by atoms with E-state index in [4.69, 9.17) is 9.15 Å². The summed E-state index contributed by atoms with van der Waals surface area (Å²) in [6.07, 6.45) is 3.25. The van der Waals surface area contributed by atoms with Gasteiger partial charge in [-0.25, -0.2) is 4.79 Å². The van der Waals surface area contributed by atoms with E-state index in [1.165, 1.54) is 0 Å². The van der Waals surface area contributed by atoms with Gasteiger partial charge in [-0.1, -0.05) is 30.3 Å². The quantitative estimate of drug-likeness (QED) is 0.538. The monoisotopic (exact) mass is 332 g/mol. The third-order valence-electron chi connectivity index (χ3n) is 3.97. The first-order valence-electron chi connectivity index (χ1n) is 8.05. The van der Waals surface area contributed by atoms with Crippen molar-refractivity contribution in [3.05, 3.63) is 66.7 Å². The first-order chi connectivity index (χ1) is 12.3. The molecule has 0 amide bonds. The molecule has 0 fully saturated rings. The van der Waals surface area contributed by atoms with Crippen molar-refractivity contribution in [2.75, 3.05) is 11.9 Å². The molecule has 1 N–H and O–H groups in total. The number of rotatable bonds is 4. The minimum absolute atomic E-state index is 0.151. The Morgan fingerprint density at radius 3 is 2.84 bits per heavy atom. The number of nitrogens with zero attached hydrogens (tertiary/aromatic N) is 1. The summed E-state index contributed by atoms with van der Waals surface area (Å²) in [5.74, 6) is -0.347. The van der Waals surface area contributed by atoms with E-state index in [-0.39, 0.29) is 12.4 Å². The van der Waals surface area contributed by atoms with E-state index >= 15 is 0 Å². The highest BCUT2D eigenvalue weighted by atomic mass is 16.5. The van der Waals surface area contributed by atoms with Gasteiger partial charge in [-0.2, -0.15) is 0 Å². The Labute approximate surface area is 144 Å². The lowest BCUT2D eigenvalue weighted by atomic mass is 10.1. The van der Waals surface area contributed by atoms with E-state index in [1.807, 2.05) is 42.5 Å². The number of esters is 1. The van der Waals surface area contributed by atoms with Crippen molar-refractivity contribution in [1.82, 2.24) is 4.98 Å². The Morgan fingerprint density at radius 2 is 2.00 bits per heavy atom. The molecule has 0 atom stereocenters. The lowest BCUT2D eigenvalue weighted by Gasteiger charge is -2.08. The smallest absolute Gasteiger partial charge is 0.376 e. The highest BCUT2D eigenvalue weighted by Gasteiger charge is 2.22. The topological polar surface area (TPSA) is 64.4 Å². The molecule has 0 aliphatic rings. The summed E-state index contributed by atoms with van der Waals surface area (Å²) >= 11 is 0. The Balaban J connectivity index is 1.81. The van der Waals surface area contributed by atoms with Gasteiger partial charge in [-0.3, -0.25) is 4.98 Å². The first-order valence-corrected chi connectivity index (χ1v) is 8.05. The van der Waals surface area contributed by atoms with Crippen molar-refractivity contribution < 1.29 is 13.9 Å². The molecule has 5 heteroatoms. The Bertz CT molecular complexity index is 1070. The summed E-state index contributed by atoms with van der Waals surface area (Å²) in [5, 5.41) is 6.35. The molecule has 4 rings (SSSR count). The van der Waals surface area contributed by atoms with Crippen LogP contribution in [0.4, 0.5) is 11.4 Å². The van der Waals surface area contributed by atoms with Crippen LogP contribution in [0.25, 0.3) is 21.7 Å². The van der Waals surface area contributed by atoms with E-state index < -0.39 is 5.97 Å². The minimum atomic E-state index is -0.498. The fourth-order valence-corrected chi connectivity index (χ4v) is 2.83. The number of aromatic nitrogens is 1. The number of hydrogen-bond donors (Lipinski definition) is 1. The van der Waals surface area contributed by atoms with E-state index in [0.717, 1.165) is 21.8 Å². The fraction of sp³-hybridized carbons (Fsp3) is 0.100. The van der Waals surface area contributed by atoms with E-state index in [1.54, 1.807) is 19.3 Å². The molecule has 0 aliphatic carbocycles. The standard InChI is InChI=1S/C20H16N2O3/c1-2-24-20(23)19-18(16-9-10-21-12-17(16)25-19)22-15-8-7-13-5-3-4-6-14(13)11-15/h3-12,22H,2H2,1H3. The zero-order valence-corrected chi connectivity index (χ0v) is 13.7. The second-order valence-electron chi connectivity index (χ2n) is 5.59. The Morgan fingerprint density at radius 1 is 1.16 bits per heavy atom. The maximum atomic E-state index is 12.3. The van der Waals surface area contributed by atoms with Crippen LogP contribution in [0.3, 0.4) is 0 Å². The number of fused-ring (bicyclic) bond motifs is 2. The molecular weight excluding hydrogens is 316 g/mol. The van der Waals surface area contributed by atoms with Crippen molar-refractivity contribution in [1.29, 1.82) is 0 Å². The average Bonchev–Trinajstić information content (AvgIpc) is 3.01. The fourth-order valence-electron chi connectivity index (χ4n) is 2.83. The molecule has 4 aromatic rings. The van der Waals surface area contributed by atoms with Crippen LogP contribution >= 0.6 is 0 Å². The van der Waals surface area contributed by atoms with E-state index in [0.29, 0.717) is 11.3 Å². The zero-order chi connectivity index (χ0) is 17.2. The van der Waals surface area contributed by atoms with Crippen LogP contribution in [-0.2, 0) is 4.74 Å². The summed E-state index contributed by atoms with van der Waals surface area (Å²) in [7, 11) is 0. The van der Waals surface area contributed by atoms with Gasteiger partial charge in [-0.05, 0) is 35.9 Å². The summed E-state index contributed by atoms with van der Waals surface area (Å²) in [6, 6.07) is 15.9. The van der Waals surface area contributed by atoms with Crippen LogP contribution in [0.1, 0.15) is 17.5 Å². The van der Waals surface area contributed by atoms with E-state index in [9.17, 15) is 4.79 Å². The zero-order valence-electron chi connectivity index (χ0n) is 13.7. The average molecular weight is 332 g/mol. The third kappa shape index (κ3) is 2.80. The minimum Gasteiger partial charge on any atom is -0.460 e.